The fourth-order valence-corrected chi connectivity index (χ4v) is 3.41. The zero-order valence-corrected chi connectivity index (χ0v) is 14.5. The largest absolute Gasteiger partial charge is 0.368 e. The van der Waals surface area contributed by atoms with Gasteiger partial charge in [-0.25, -0.2) is 0 Å². The van der Waals surface area contributed by atoms with Crippen LogP contribution in [-0.2, 0) is 16.1 Å². The highest BCUT2D eigenvalue weighted by Crippen LogP contribution is 2.35. The van der Waals surface area contributed by atoms with Crippen molar-refractivity contribution in [1.29, 1.82) is 0 Å². The van der Waals surface area contributed by atoms with Gasteiger partial charge in [-0.05, 0) is 48.3 Å². The van der Waals surface area contributed by atoms with Crippen LogP contribution in [-0.4, -0.2) is 18.6 Å². The molecule has 23 heavy (non-hydrogen) atoms. The van der Waals surface area contributed by atoms with Gasteiger partial charge < -0.3 is 15.8 Å². The maximum atomic E-state index is 12.1. The summed E-state index contributed by atoms with van der Waals surface area (Å²) in [5.74, 6) is 1.75. The summed E-state index contributed by atoms with van der Waals surface area (Å²) in [5.41, 5.74) is 7.41. The average molecular weight is 318 g/mol. The van der Waals surface area contributed by atoms with E-state index in [4.69, 9.17) is 10.5 Å². The molecule has 1 aromatic carbocycles. The average Bonchev–Trinajstić information content (AvgIpc) is 2.53. The fourth-order valence-electron chi connectivity index (χ4n) is 3.41. The maximum Gasteiger partial charge on any atom is 0.250 e. The molecule has 1 aliphatic rings. The van der Waals surface area contributed by atoms with Crippen LogP contribution in [0.5, 0.6) is 0 Å². The highest BCUT2D eigenvalue weighted by Gasteiger charge is 2.31. The molecule has 2 rings (SSSR count). The van der Waals surface area contributed by atoms with Gasteiger partial charge in [-0.15, -0.1) is 0 Å². The molecular weight excluding hydrogens is 288 g/mol. The normalized spacial score (nSPS) is 24.7. The first kappa shape index (κ1) is 18.0. The second-order valence-electron chi connectivity index (χ2n) is 7.12. The van der Waals surface area contributed by atoms with Gasteiger partial charge in [0.2, 0.25) is 5.91 Å². The summed E-state index contributed by atoms with van der Waals surface area (Å²) in [6.07, 6.45) is 3.72. The number of anilines is 1. The fraction of sp³-hybridized carbons (Fsp3) is 0.632. The van der Waals surface area contributed by atoms with Gasteiger partial charge in [0.1, 0.15) is 6.61 Å². The van der Waals surface area contributed by atoms with Crippen molar-refractivity contribution in [3.8, 4) is 0 Å². The first-order chi connectivity index (χ1) is 11.0. The summed E-state index contributed by atoms with van der Waals surface area (Å²) >= 11 is 0. The Balaban J connectivity index is 1.84. The molecule has 4 heteroatoms. The number of nitrogens with one attached hydrogen (secondary N) is 1. The lowest BCUT2D eigenvalue weighted by molar-refractivity contribution is -0.126. The van der Waals surface area contributed by atoms with Crippen LogP contribution in [0.3, 0.4) is 0 Å². The molecule has 1 aliphatic carbocycles. The Morgan fingerprint density at radius 3 is 2.61 bits per heavy atom. The van der Waals surface area contributed by atoms with Crippen LogP contribution in [0, 0.1) is 17.8 Å². The first-order valence-electron chi connectivity index (χ1n) is 8.70. The van der Waals surface area contributed by atoms with Crippen LogP contribution in [0.2, 0.25) is 0 Å². The van der Waals surface area contributed by atoms with Crippen LogP contribution in [0.1, 0.15) is 45.6 Å². The molecule has 4 nitrogen and oxygen atoms in total. The summed E-state index contributed by atoms with van der Waals surface area (Å²) in [4.78, 5) is 12.1. The third-order valence-corrected chi connectivity index (χ3v) is 4.86. The van der Waals surface area contributed by atoms with Crippen molar-refractivity contribution in [2.75, 3.05) is 11.9 Å². The van der Waals surface area contributed by atoms with Gasteiger partial charge in [-0.3, -0.25) is 4.79 Å². The number of rotatable bonds is 6. The molecule has 1 amide bonds. The Bertz CT molecular complexity index is 499. The minimum absolute atomic E-state index is 0.0915. The van der Waals surface area contributed by atoms with Gasteiger partial charge >= 0.3 is 0 Å². The molecule has 0 saturated heterocycles. The van der Waals surface area contributed by atoms with E-state index in [0.29, 0.717) is 24.3 Å². The minimum atomic E-state index is -0.0915. The van der Waals surface area contributed by atoms with Crippen LogP contribution in [0.25, 0.3) is 0 Å². The van der Waals surface area contributed by atoms with Gasteiger partial charge in [0.15, 0.2) is 0 Å². The minimum Gasteiger partial charge on any atom is -0.368 e. The molecule has 0 heterocycles. The van der Waals surface area contributed by atoms with Gasteiger partial charge in [-0.1, -0.05) is 39.3 Å². The smallest absolute Gasteiger partial charge is 0.250 e. The highest BCUT2D eigenvalue weighted by atomic mass is 16.5. The lowest BCUT2D eigenvalue weighted by Crippen LogP contribution is -2.36. The second kappa shape index (κ2) is 8.46. The van der Waals surface area contributed by atoms with Crippen LogP contribution in [0.15, 0.2) is 24.3 Å². The number of amides is 1. The van der Waals surface area contributed by atoms with E-state index in [1.807, 2.05) is 24.3 Å². The van der Waals surface area contributed by atoms with Crippen molar-refractivity contribution in [2.24, 2.45) is 23.5 Å². The molecule has 3 N–H and O–H groups in total. The van der Waals surface area contributed by atoms with E-state index in [9.17, 15) is 4.79 Å². The Morgan fingerprint density at radius 1 is 1.30 bits per heavy atom. The van der Waals surface area contributed by atoms with Gasteiger partial charge in [0, 0.05) is 12.2 Å². The molecule has 0 radical (unpaired) electrons. The first-order valence-corrected chi connectivity index (χ1v) is 8.70. The topological polar surface area (TPSA) is 64.3 Å². The number of benzene rings is 1. The molecule has 3 atom stereocenters. The summed E-state index contributed by atoms with van der Waals surface area (Å²) in [7, 11) is 0. The van der Waals surface area contributed by atoms with Crippen LogP contribution in [0.4, 0.5) is 5.69 Å². The molecule has 1 fully saturated rings. The van der Waals surface area contributed by atoms with E-state index in [2.05, 4.69) is 26.1 Å². The second-order valence-corrected chi connectivity index (χ2v) is 7.12. The lowest BCUT2D eigenvalue weighted by Gasteiger charge is -2.37. The third-order valence-electron chi connectivity index (χ3n) is 4.86. The molecule has 1 saturated carbocycles. The van der Waals surface area contributed by atoms with Crippen molar-refractivity contribution in [2.45, 2.75) is 52.7 Å². The molecule has 0 aliphatic heterocycles. The van der Waals surface area contributed by atoms with Crippen LogP contribution >= 0.6 is 0 Å². The monoisotopic (exact) mass is 318 g/mol. The van der Waals surface area contributed by atoms with E-state index in [1.165, 1.54) is 12.8 Å². The zero-order chi connectivity index (χ0) is 16.8. The lowest BCUT2D eigenvalue weighted by atomic mass is 9.75. The Labute approximate surface area is 139 Å². The van der Waals surface area contributed by atoms with Gasteiger partial charge in [0.05, 0.1) is 6.10 Å². The van der Waals surface area contributed by atoms with E-state index in [0.717, 1.165) is 17.7 Å². The van der Waals surface area contributed by atoms with Crippen molar-refractivity contribution in [3.63, 3.8) is 0 Å². The molecule has 0 bridgehead atoms. The van der Waals surface area contributed by atoms with E-state index >= 15 is 0 Å². The van der Waals surface area contributed by atoms with Crippen molar-refractivity contribution in [3.05, 3.63) is 29.8 Å². The predicted octanol–water partition coefficient (Wildman–Crippen LogP) is 3.56. The standard InChI is InChI=1S/C19H30N2O2/c1-13(2)17-9-4-14(3)10-18(17)23-12-19(22)21-16-7-5-15(11-20)6-8-16/h5-8,13-14,17-18H,4,9-12,20H2,1-3H3,(H,21,22). The maximum absolute atomic E-state index is 12.1. The number of carbonyl (C=O) groups is 1. The van der Waals surface area contributed by atoms with E-state index in [1.54, 1.807) is 0 Å². The molecule has 0 spiro atoms. The molecule has 128 valence electrons. The number of ether oxygens (including phenoxy) is 1. The Hall–Kier alpha value is -1.39. The molecule has 0 aromatic heterocycles. The van der Waals surface area contributed by atoms with Crippen molar-refractivity contribution < 1.29 is 9.53 Å². The number of hydrogen-bond acceptors (Lipinski definition) is 3. The summed E-state index contributed by atoms with van der Waals surface area (Å²) < 4.78 is 5.97. The number of nitrogens with two attached hydrogens (primary N) is 1. The number of hydrogen-bond donors (Lipinski definition) is 2. The zero-order valence-electron chi connectivity index (χ0n) is 14.5. The summed E-state index contributed by atoms with van der Waals surface area (Å²) in [6, 6.07) is 7.60. The Morgan fingerprint density at radius 2 is 2.00 bits per heavy atom. The quantitative estimate of drug-likeness (QED) is 0.843. The van der Waals surface area contributed by atoms with Crippen LogP contribution < -0.4 is 11.1 Å². The molecule has 3 unspecified atom stereocenters. The van der Waals surface area contributed by atoms with Gasteiger partial charge in [0.25, 0.3) is 0 Å². The SMILES string of the molecule is CC1CCC(C(C)C)C(OCC(=O)Nc2ccc(CN)cc2)C1. The number of carbonyl (C=O) groups excluding carboxylic acids is 1. The predicted molar refractivity (Wildman–Crippen MR) is 94.0 cm³/mol. The van der Waals surface area contributed by atoms with Crippen molar-refractivity contribution in [1.82, 2.24) is 0 Å². The summed E-state index contributed by atoms with van der Waals surface area (Å²) in [5, 5.41) is 2.88. The highest BCUT2D eigenvalue weighted by molar-refractivity contribution is 5.91. The van der Waals surface area contributed by atoms with E-state index in [-0.39, 0.29) is 18.6 Å². The van der Waals surface area contributed by atoms with E-state index < -0.39 is 0 Å². The van der Waals surface area contributed by atoms with Gasteiger partial charge in [-0.2, -0.15) is 0 Å². The Kier molecular flexibility index (Phi) is 6.60. The van der Waals surface area contributed by atoms with Crippen molar-refractivity contribution >= 4 is 11.6 Å². The summed E-state index contributed by atoms with van der Waals surface area (Å²) in [6.45, 7) is 7.39. The molecule has 1 aromatic rings. The molecular formula is C19H30N2O2. The third kappa shape index (κ3) is 5.33.